The number of piperidine rings is 1. The Hall–Kier alpha value is -2.31. The topological polar surface area (TPSA) is 67.1 Å². The highest BCUT2D eigenvalue weighted by Crippen LogP contribution is 2.25. The van der Waals surface area contributed by atoms with Gasteiger partial charge in [0.1, 0.15) is 0 Å². The molecule has 124 valence electrons. The number of benzene rings is 1. The molecule has 6 nitrogen and oxygen atoms in total. The van der Waals surface area contributed by atoms with E-state index in [0.29, 0.717) is 13.1 Å². The van der Waals surface area contributed by atoms with Crippen LogP contribution in [-0.4, -0.2) is 48.7 Å². The number of hydrogen-bond acceptors (Lipinski definition) is 5. The van der Waals surface area contributed by atoms with E-state index in [9.17, 15) is 5.11 Å². The fraction of sp³-hybridized carbons (Fsp3) is 0.389. The largest absolute Gasteiger partial charge is 0.387 e. The van der Waals surface area contributed by atoms with Crippen LogP contribution < -0.4 is 0 Å². The van der Waals surface area contributed by atoms with Crippen molar-refractivity contribution in [1.82, 2.24) is 24.9 Å². The summed E-state index contributed by atoms with van der Waals surface area (Å²) in [5, 5.41) is 19.9. The van der Waals surface area contributed by atoms with Crippen molar-refractivity contribution in [2.45, 2.75) is 31.5 Å². The van der Waals surface area contributed by atoms with E-state index >= 15 is 0 Å². The third-order valence-electron chi connectivity index (χ3n) is 4.67. The highest BCUT2D eigenvalue weighted by Gasteiger charge is 2.34. The summed E-state index contributed by atoms with van der Waals surface area (Å²) < 4.78 is 1.71. The maximum atomic E-state index is 11.0. The van der Waals surface area contributed by atoms with E-state index < -0.39 is 5.60 Å². The van der Waals surface area contributed by atoms with Crippen molar-refractivity contribution < 1.29 is 5.11 Å². The molecule has 0 amide bonds. The number of fused-ring (bicyclic) bond motifs is 1. The summed E-state index contributed by atoms with van der Waals surface area (Å²) in [4.78, 5) is 6.84. The Morgan fingerprint density at radius 2 is 2.08 bits per heavy atom. The molecule has 1 aliphatic rings. The van der Waals surface area contributed by atoms with Crippen molar-refractivity contribution in [2.75, 3.05) is 13.1 Å². The van der Waals surface area contributed by atoms with Crippen LogP contribution in [0.5, 0.6) is 0 Å². The molecule has 1 N–H and O–H groups in total. The minimum Gasteiger partial charge on any atom is -0.387 e. The lowest BCUT2D eigenvalue weighted by molar-refractivity contribution is -0.0477. The second-order valence-corrected chi connectivity index (χ2v) is 6.63. The van der Waals surface area contributed by atoms with Crippen LogP contribution in [0.15, 0.2) is 48.9 Å². The molecule has 4 rings (SSSR count). The Labute approximate surface area is 140 Å². The molecule has 0 aliphatic carbocycles. The van der Waals surface area contributed by atoms with Crippen LogP contribution in [0.2, 0.25) is 0 Å². The fourth-order valence-corrected chi connectivity index (χ4v) is 3.62. The quantitative estimate of drug-likeness (QED) is 0.794. The first-order valence-corrected chi connectivity index (χ1v) is 8.33. The summed E-state index contributed by atoms with van der Waals surface area (Å²) in [5.41, 5.74) is 1.49. The highest BCUT2D eigenvalue weighted by molar-refractivity contribution is 5.81. The molecular weight excluding hydrogens is 302 g/mol. The van der Waals surface area contributed by atoms with Crippen molar-refractivity contribution >= 4 is 10.9 Å². The van der Waals surface area contributed by atoms with Gasteiger partial charge < -0.3 is 5.11 Å². The minimum atomic E-state index is -0.760. The molecule has 6 heteroatoms. The van der Waals surface area contributed by atoms with Gasteiger partial charge in [0, 0.05) is 30.9 Å². The van der Waals surface area contributed by atoms with E-state index in [4.69, 9.17) is 0 Å². The molecule has 0 radical (unpaired) electrons. The van der Waals surface area contributed by atoms with Crippen LogP contribution >= 0.6 is 0 Å². The summed E-state index contributed by atoms with van der Waals surface area (Å²) in [6.45, 7) is 2.91. The van der Waals surface area contributed by atoms with Crippen LogP contribution in [-0.2, 0) is 13.1 Å². The lowest BCUT2D eigenvalue weighted by atomic mass is 9.92. The smallest absolute Gasteiger partial charge is 0.0970 e. The molecule has 0 saturated carbocycles. The van der Waals surface area contributed by atoms with Crippen LogP contribution in [0.4, 0.5) is 0 Å². The van der Waals surface area contributed by atoms with E-state index in [1.807, 2.05) is 12.3 Å². The van der Waals surface area contributed by atoms with Gasteiger partial charge >= 0.3 is 0 Å². The third-order valence-corrected chi connectivity index (χ3v) is 4.67. The predicted octanol–water partition coefficient (Wildman–Crippen LogP) is 1.85. The fourth-order valence-electron chi connectivity index (χ4n) is 3.62. The first kappa shape index (κ1) is 15.2. The van der Waals surface area contributed by atoms with E-state index in [1.165, 1.54) is 5.56 Å². The number of hydrogen-bond donors (Lipinski definition) is 1. The van der Waals surface area contributed by atoms with E-state index in [1.54, 1.807) is 17.1 Å². The van der Waals surface area contributed by atoms with Crippen molar-refractivity contribution in [3.63, 3.8) is 0 Å². The van der Waals surface area contributed by atoms with Gasteiger partial charge in [-0.3, -0.25) is 9.88 Å². The Morgan fingerprint density at radius 3 is 2.96 bits per heavy atom. The van der Waals surface area contributed by atoms with Gasteiger partial charge in [0.05, 0.1) is 23.9 Å². The van der Waals surface area contributed by atoms with Gasteiger partial charge in [0.2, 0.25) is 0 Å². The lowest BCUT2D eigenvalue weighted by Crippen LogP contribution is -2.50. The number of rotatable bonds is 4. The summed E-state index contributed by atoms with van der Waals surface area (Å²) in [7, 11) is 0. The van der Waals surface area contributed by atoms with Crippen molar-refractivity contribution in [3.8, 4) is 0 Å². The standard InChI is InChI=1S/C18H21N5O/c24-18(14-23-11-9-20-21-23)7-3-10-22(13-18)12-16-5-1-4-15-6-2-8-19-17(15)16/h1-2,4-6,8-9,11,24H,3,7,10,12-14H2. The summed E-state index contributed by atoms with van der Waals surface area (Å²) in [6, 6.07) is 10.3. The molecule has 1 atom stereocenters. The monoisotopic (exact) mass is 323 g/mol. The molecule has 1 saturated heterocycles. The summed E-state index contributed by atoms with van der Waals surface area (Å²) in [6.07, 6.45) is 7.04. The number of β-amino-alcohol motifs (C(OH)–C–C–N with tert-alkyl or cyclic N) is 1. The van der Waals surface area contributed by atoms with Gasteiger partial charge in [0.15, 0.2) is 0 Å². The number of nitrogens with zero attached hydrogens (tertiary/aromatic N) is 5. The molecule has 2 aromatic heterocycles. The number of likely N-dealkylation sites (tertiary alicyclic amines) is 1. The van der Waals surface area contributed by atoms with Crippen molar-refractivity contribution in [1.29, 1.82) is 0 Å². The summed E-state index contributed by atoms with van der Waals surface area (Å²) >= 11 is 0. The highest BCUT2D eigenvalue weighted by atomic mass is 16.3. The second kappa shape index (κ2) is 6.30. The molecule has 3 aromatic rings. The SMILES string of the molecule is OC1(Cn2ccnn2)CCCN(Cc2cccc3cccnc23)C1. The first-order valence-electron chi connectivity index (χ1n) is 8.33. The van der Waals surface area contributed by atoms with Crippen molar-refractivity contribution in [3.05, 3.63) is 54.5 Å². The molecule has 3 heterocycles. The third kappa shape index (κ3) is 3.16. The first-order chi connectivity index (χ1) is 11.7. The Kier molecular flexibility index (Phi) is 4.00. The van der Waals surface area contributed by atoms with Crippen LogP contribution in [0.1, 0.15) is 18.4 Å². The van der Waals surface area contributed by atoms with E-state index in [2.05, 4.69) is 44.5 Å². The van der Waals surface area contributed by atoms with E-state index in [-0.39, 0.29) is 0 Å². The zero-order valence-electron chi connectivity index (χ0n) is 13.5. The molecule has 1 aromatic carbocycles. The zero-order chi connectivity index (χ0) is 16.4. The molecule has 1 unspecified atom stereocenters. The maximum absolute atomic E-state index is 11.0. The number of aliphatic hydroxyl groups is 1. The molecule has 0 spiro atoms. The van der Waals surface area contributed by atoms with E-state index in [0.717, 1.165) is 36.8 Å². The summed E-state index contributed by atoms with van der Waals surface area (Å²) in [5.74, 6) is 0. The maximum Gasteiger partial charge on any atom is 0.0970 e. The number of para-hydroxylation sites is 1. The predicted molar refractivity (Wildman–Crippen MR) is 91.2 cm³/mol. The van der Waals surface area contributed by atoms with Crippen LogP contribution in [0, 0.1) is 0 Å². The zero-order valence-corrected chi connectivity index (χ0v) is 13.5. The molecular formula is C18H21N5O. The number of aromatic nitrogens is 4. The van der Waals surface area contributed by atoms with Gasteiger partial charge in [-0.1, -0.05) is 29.5 Å². The van der Waals surface area contributed by atoms with Gasteiger partial charge in [-0.25, -0.2) is 4.68 Å². The van der Waals surface area contributed by atoms with Crippen molar-refractivity contribution in [2.24, 2.45) is 0 Å². The van der Waals surface area contributed by atoms with Gasteiger partial charge in [0.25, 0.3) is 0 Å². The molecule has 1 fully saturated rings. The van der Waals surface area contributed by atoms with Gasteiger partial charge in [-0.15, -0.1) is 5.10 Å². The number of pyridine rings is 1. The lowest BCUT2D eigenvalue weighted by Gasteiger charge is -2.39. The Morgan fingerprint density at radius 1 is 1.17 bits per heavy atom. The second-order valence-electron chi connectivity index (χ2n) is 6.63. The molecule has 1 aliphatic heterocycles. The Balaban J connectivity index is 1.52. The Bertz CT molecular complexity index is 814. The average Bonchev–Trinajstić information content (AvgIpc) is 3.07. The molecule has 24 heavy (non-hydrogen) atoms. The average molecular weight is 323 g/mol. The molecule has 0 bridgehead atoms. The van der Waals surface area contributed by atoms with Gasteiger partial charge in [-0.05, 0) is 31.0 Å². The van der Waals surface area contributed by atoms with Gasteiger partial charge in [-0.2, -0.15) is 0 Å². The normalized spacial score (nSPS) is 22.0. The minimum absolute atomic E-state index is 0.483. The van der Waals surface area contributed by atoms with Crippen LogP contribution in [0.25, 0.3) is 10.9 Å². The van der Waals surface area contributed by atoms with Crippen LogP contribution in [0.3, 0.4) is 0 Å².